The first-order chi connectivity index (χ1) is 10.1. The van der Waals surface area contributed by atoms with Crippen LogP contribution in [0.15, 0.2) is 22.8 Å². The Hall–Kier alpha value is -0.960. The lowest BCUT2D eigenvalue weighted by atomic mass is 10.2. The van der Waals surface area contributed by atoms with Crippen LogP contribution in [0.2, 0.25) is 0 Å². The summed E-state index contributed by atoms with van der Waals surface area (Å²) in [5.41, 5.74) is 8.06. The lowest BCUT2D eigenvalue weighted by Gasteiger charge is -2.05. The first-order valence-electron chi connectivity index (χ1n) is 6.39. The number of Topliss-reactive ketones (excluding diaryl/α,β-unsaturated/α-hetero) is 1. The van der Waals surface area contributed by atoms with Gasteiger partial charge in [-0.2, -0.15) is 5.10 Å². The van der Waals surface area contributed by atoms with Gasteiger partial charge in [-0.25, -0.2) is 4.39 Å². The molecule has 0 unspecified atom stereocenters. The van der Waals surface area contributed by atoms with Crippen molar-refractivity contribution >= 4 is 50.0 Å². The second-order valence-corrected chi connectivity index (χ2v) is 6.58. The average Bonchev–Trinajstić information content (AvgIpc) is 2.78. The van der Waals surface area contributed by atoms with Gasteiger partial charge in [-0.1, -0.05) is 0 Å². The zero-order valence-electron chi connectivity index (χ0n) is 13.2. The van der Waals surface area contributed by atoms with E-state index in [4.69, 9.17) is 5.73 Å². The van der Waals surface area contributed by atoms with Gasteiger partial charge in [-0.15, -0.1) is 0 Å². The fraction of sp³-hybridized carbons (Fsp3) is 0.333. The van der Waals surface area contributed by atoms with E-state index in [-0.39, 0.29) is 11.6 Å². The van der Waals surface area contributed by atoms with Crippen molar-refractivity contribution in [1.82, 2.24) is 9.78 Å². The molecule has 0 atom stereocenters. The molecule has 0 bridgehead atoms. The van der Waals surface area contributed by atoms with Crippen LogP contribution in [-0.2, 0) is 11.8 Å². The summed E-state index contributed by atoms with van der Waals surface area (Å²) >= 11 is 5.22. The molecule has 7 heteroatoms. The minimum atomic E-state index is -0.305. The van der Waals surface area contributed by atoms with E-state index in [9.17, 15) is 9.18 Å². The lowest BCUT2D eigenvalue weighted by Crippen LogP contribution is -1.95. The van der Waals surface area contributed by atoms with Crippen molar-refractivity contribution in [2.45, 2.75) is 27.7 Å². The molecule has 0 fully saturated rings. The van der Waals surface area contributed by atoms with Crippen molar-refractivity contribution < 1.29 is 9.18 Å². The molecular formula is C15H20BrFIN3O. The normalized spacial score (nSPS) is 9.27. The van der Waals surface area contributed by atoms with Crippen molar-refractivity contribution in [1.29, 1.82) is 0 Å². The van der Waals surface area contributed by atoms with E-state index in [1.54, 1.807) is 6.20 Å². The number of nitrogen functional groups attached to an aromatic ring is 1. The van der Waals surface area contributed by atoms with Gasteiger partial charge in [0.2, 0.25) is 0 Å². The van der Waals surface area contributed by atoms with Crippen LogP contribution in [0, 0.1) is 23.2 Å². The van der Waals surface area contributed by atoms with E-state index < -0.39 is 0 Å². The molecule has 0 aliphatic heterocycles. The number of nitrogens with two attached hydrogens (primary N) is 1. The minimum absolute atomic E-state index is 0.167. The van der Waals surface area contributed by atoms with Crippen LogP contribution in [-0.4, -0.2) is 15.6 Å². The maximum absolute atomic E-state index is 12.9. The van der Waals surface area contributed by atoms with Gasteiger partial charge < -0.3 is 10.5 Å². The molecular weight excluding hydrogens is 464 g/mol. The van der Waals surface area contributed by atoms with Gasteiger partial charge in [0.1, 0.15) is 11.6 Å². The minimum Gasteiger partial charge on any atom is -0.398 e. The summed E-state index contributed by atoms with van der Waals surface area (Å²) in [6, 6.07) is 3.29. The van der Waals surface area contributed by atoms with Crippen molar-refractivity contribution in [2.24, 2.45) is 7.05 Å². The van der Waals surface area contributed by atoms with Crippen LogP contribution in [0.1, 0.15) is 25.1 Å². The van der Waals surface area contributed by atoms with Crippen LogP contribution < -0.4 is 5.73 Å². The largest absolute Gasteiger partial charge is 0.398 e. The summed E-state index contributed by atoms with van der Waals surface area (Å²) in [6.07, 6.45) is 1.79. The third-order valence-electron chi connectivity index (χ3n) is 2.47. The average molecular weight is 484 g/mol. The number of halogens is 3. The zero-order valence-corrected chi connectivity index (χ0v) is 17.0. The third-order valence-corrected chi connectivity index (χ3v) is 4.88. The molecule has 0 aliphatic rings. The number of nitrogens with zero attached hydrogens (tertiary/aromatic N) is 2. The molecule has 122 valence electrons. The molecule has 0 saturated carbocycles. The quantitative estimate of drug-likeness (QED) is 0.343. The first kappa shape index (κ1) is 21.0. The number of aromatic nitrogens is 2. The summed E-state index contributed by atoms with van der Waals surface area (Å²) in [5.74, 6) is -0.139. The Morgan fingerprint density at radius 2 is 1.91 bits per heavy atom. The summed E-state index contributed by atoms with van der Waals surface area (Å²) in [4.78, 5) is 9.44. The van der Waals surface area contributed by atoms with E-state index in [0.717, 1.165) is 9.13 Å². The summed E-state index contributed by atoms with van der Waals surface area (Å²) in [6.45, 7) is 6.90. The molecule has 2 rings (SSSR count). The molecule has 0 radical (unpaired) electrons. The van der Waals surface area contributed by atoms with Gasteiger partial charge in [-0.05, 0) is 83.9 Å². The standard InChI is InChI=1S/C7H6BrFIN.C5H8N2.C3H6O/c1-3-6(8)4(9)2-5(11)7(3)10;1-5-3-4-6-7(5)2;1-3(2)4/h2H,11H2,1H3;3-4H,1-2H3;1-2H3. The number of ketones is 1. The number of hydrogen-bond acceptors (Lipinski definition) is 3. The highest BCUT2D eigenvalue weighted by Crippen LogP contribution is 2.28. The van der Waals surface area contributed by atoms with Crippen LogP contribution in [0.3, 0.4) is 0 Å². The Bertz CT molecular complexity index is 597. The van der Waals surface area contributed by atoms with Crippen LogP contribution in [0.4, 0.5) is 10.1 Å². The fourth-order valence-electron chi connectivity index (χ4n) is 1.20. The lowest BCUT2D eigenvalue weighted by molar-refractivity contribution is -0.114. The zero-order chi connectivity index (χ0) is 17.4. The maximum Gasteiger partial charge on any atom is 0.139 e. The molecule has 4 nitrogen and oxygen atoms in total. The van der Waals surface area contributed by atoms with E-state index in [1.165, 1.54) is 25.6 Å². The Kier molecular flexibility index (Phi) is 9.50. The third kappa shape index (κ3) is 7.35. The summed E-state index contributed by atoms with van der Waals surface area (Å²) in [5, 5.41) is 3.93. The molecule has 0 spiro atoms. The van der Waals surface area contributed by atoms with Gasteiger partial charge in [-0.3, -0.25) is 4.68 Å². The number of carbonyl (C=O) groups is 1. The Balaban J connectivity index is 0.000000343. The van der Waals surface area contributed by atoms with Crippen molar-refractivity contribution in [3.05, 3.63) is 43.4 Å². The van der Waals surface area contributed by atoms with Crippen LogP contribution in [0.5, 0.6) is 0 Å². The second-order valence-electron chi connectivity index (χ2n) is 4.71. The van der Waals surface area contributed by atoms with E-state index in [1.807, 2.05) is 31.6 Å². The molecule has 1 heterocycles. The van der Waals surface area contributed by atoms with Gasteiger partial charge in [0.05, 0.1) is 4.47 Å². The summed E-state index contributed by atoms with van der Waals surface area (Å²) < 4.78 is 16.1. The smallest absolute Gasteiger partial charge is 0.139 e. The molecule has 0 saturated heterocycles. The number of aryl methyl sites for hydroxylation is 2. The monoisotopic (exact) mass is 483 g/mol. The maximum atomic E-state index is 12.9. The highest BCUT2D eigenvalue weighted by atomic mass is 127. The highest BCUT2D eigenvalue weighted by Gasteiger charge is 2.08. The van der Waals surface area contributed by atoms with Crippen LogP contribution in [0.25, 0.3) is 0 Å². The van der Waals surface area contributed by atoms with Crippen molar-refractivity contribution in [3.8, 4) is 0 Å². The van der Waals surface area contributed by atoms with Gasteiger partial charge in [0.25, 0.3) is 0 Å². The molecule has 0 amide bonds. The predicted octanol–water partition coefficient (Wildman–Crippen LogP) is 4.41. The Morgan fingerprint density at radius 1 is 1.41 bits per heavy atom. The van der Waals surface area contributed by atoms with Crippen molar-refractivity contribution in [3.63, 3.8) is 0 Å². The first-order valence-corrected chi connectivity index (χ1v) is 8.26. The summed E-state index contributed by atoms with van der Waals surface area (Å²) in [7, 11) is 1.93. The van der Waals surface area contributed by atoms with Crippen LogP contribution >= 0.6 is 38.5 Å². The fourth-order valence-corrected chi connectivity index (χ4v) is 2.30. The number of rotatable bonds is 0. The molecule has 22 heavy (non-hydrogen) atoms. The molecule has 0 aliphatic carbocycles. The molecule has 2 aromatic rings. The molecule has 1 aromatic heterocycles. The number of anilines is 1. The highest BCUT2D eigenvalue weighted by molar-refractivity contribution is 14.1. The Labute approximate surface area is 152 Å². The predicted molar refractivity (Wildman–Crippen MR) is 100 cm³/mol. The second kappa shape index (κ2) is 9.94. The molecule has 1 aromatic carbocycles. The SMILES string of the molecule is CC(C)=O.Cc1c(Br)c(F)cc(N)c1I.Cc1ccnn1C. The van der Waals surface area contributed by atoms with E-state index >= 15 is 0 Å². The Morgan fingerprint density at radius 3 is 2.23 bits per heavy atom. The number of carbonyl (C=O) groups excluding carboxylic acids is 1. The van der Waals surface area contributed by atoms with E-state index in [0.29, 0.717) is 10.2 Å². The van der Waals surface area contributed by atoms with E-state index in [2.05, 4.69) is 43.6 Å². The van der Waals surface area contributed by atoms with Gasteiger partial charge in [0.15, 0.2) is 0 Å². The van der Waals surface area contributed by atoms with Gasteiger partial charge >= 0.3 is 0 Å². The molecule has 2 N–H and O–H groups in total. The topological polar surface area (TPSA) is 60.9 Å². The number of hydrogen-bond donors (Lipinski definition) is 1. The number of benzene rings is 1. The van der Waals surface area contributed by atoms with Gasteiger partial charge in [0, 0.05) is 28.2 Å². The van der Waals surface area contributed by atoms with Crippen molar-refractivity contribution in [2.75, 3.05) is 5.73 Å².